The van der Waals surface area contributed by atoms with Crippen molar-refractivity contribution in [3.8, 4) is 0 Å². The molecule has 0 spiro atoms. The van der Waals surface area contributed by atoms with E-state index in [9.17, 15) is 19.7 Å². The van der Waals surface area contributed by atoms with Gasteiger partial charge in [-0.1, -0.05) is 26.7 Å². The van der Waals surface area contributed by atoms with Gasteiger partial charge in [0.2, 0.25) is 11.8 Å². The highest BCUT2D eigenvalue weighted by Crippen LogP contribution is 2.42. The number of carbonyl (C=O) groups is 2. The number of benzene rings is 1. The molecular formula is C21H27N3O4. The molecule has 1 aromatic carbocycles. The maximum Gasteiger partial charge on any atom is 0.294 e. The minimum Gasteiger partial charge on any atom is -0.365 e. The Labute approximate surface area is 164 Å². The second-order valence-corrected chi connectivity index (χ2v) is 8.79. The number of imide groups is 1. The minimum atomic E-state index is -0.402. The maximum absolute atomic E-state index is 12.8. The van der Waals surface area contributed by atoms with Crippen LogP contribution in [-0.4, -0.2) is 29.8 Å². The summed E-state index contributed by atoms with van der Waals surface area (Å²) in [6.07, 6.45) is 4.49. The van der Waals surface area contributed by atoms with Crippen LogP contribution in [0.5, 0.6) is 0 Å². The number of nitrogens with zero attached hydrogens (tertiary/aromatic N) is 3. The molecule has 3 fully saturated rings. The van der Waals surface area contributed by atoms with Crippen LogP contribution in [0.3, 0.4) is 0 Å². The Kier molecular flexibility index (Phi) is 4.85. The summed E-state index contributed by atoms with van der Waals surface area (Å²) in [5, 5.41) is 11.8. The molecule has 1 aromatic rings. The van der Waals surface area contributed by atoms with E-state index in [2.05, 4.69) is 18.7 Å². The molecule has 3 aliphatic rings. The monoisotopic (exact) mass is 385 g/mol. The summed E-state index contributed by atoms with van der Waals surface area (Å²) in [5.74, 6) is 0.0160. The van der Waals surface area contributed by atoms with Crippen molar-refractivity contribution in [1.29, 1.82) is 0 Å². The molecule has 4 rings (SSSR count). The van der Waals surface area contributed by atoms with Gasteiger partial charge in [-0.15, -0.1) is 0 Å². The molecule has 0 radical (unpaired) electrons. The van der Waals surface area contributed by atoms with Crippen LogP contribution in [0.25, 0.3) is 0 Å². The third-order valence-electron chi connectivity index (χ3n) is 6.46. The van der Waals surface area contributed by atoms with Crippen molar-refractivity contribution in [1.82, 2.24) is 0 Å². The Bertz CT molecular complexity index is 790. The third kappa shape index (κ3) is 3.16. The molecule has 4 atom stereocenters. The zero-order valence-electron chi connectivity index (χ0n) is 16.5. The van der Waals surface area contributed by atoms with E-state index in [1.165, 1.54) is 11.0 Å². The first-order chi connectivity index (χ1) is 13.4. The lowest BCUT2D eigenvalue weighted by Crippen LogP contribution is -2.39. The fraction of sp³-hybridized carbons (Fsp3) is 0.619. The average Bonchev–Trinajstić information content (AvgIpc) is 2.91. The zero-order valence-corrected chi connectivity index (χ0v) is 16.5. The normalized spacial score (nSPS) is 30.5. The van der Waals surface area contributed by atoms with Crippen LogP contribution in [0.1, 0.15) is 46.0 Å². The highest BCUT2D eigenvalue weighted by Gasteiger charge is 2.49. The van der Waals surface area contributed by atoms with E-state index in [0.29, 0.717) is 23.2 Å². The number of hydrogen-bond acceptors (Lipinski definition) is 5. The molecule has 1 aliphatic carbocycles. The Hall–Kier alpha value is -2.44. The van der Waals surface area contributed by atoms with Crippen LogP contribution < -0.4 is 9.80 Å². The van der Waals surface area contributed by atoms with Crippen molar-refractivity contribution in [3.05, 3.63) is 28.3 Å². The van der Waals surface area contributed by atoms with E-state index in [0.717, 1.165) is 45.2 Å². The quantitative estimate of drug-likeness (QED) is 0.449. The van der Waals surface area contributed by atoms with Crippen LogP contribution >= 0.6 is 0 Å². The molecule has 1 saturated carbocycles. The molecule has 7 heteroatoms. The second kappa shape index (κ2) is 7.18. The van der Waals surface area contributed by atoms with Gasteiger partial charge in [0.05, 0.1) is 22.4 Å². The van der Waals surface area contributed by atoms with Gasteiger partial charge in [-0.2, -0.15) is 0 Å². The summed E-state index contributed by atoms with van der Waals surface area (Å²) in [6, 6.07) is 4.81. The number of fused-ring (bicyclic) bond motifs is 1. The van der Waals surface area contributed by atoms with Gasteiger partial charge in [0.1, 0.15) is 5.69 Å². The minimum absolute atomic E-state index is 0.0331. The fourth-order valence-electron chi connectivity index (χ4n) is 5.34. The number of amides is 2. The highest BCUT2D eigenvalue weighted by molar-refractivity contribution is 6.22. The van der Waals surface area contributed by atoms with E-state index in [4.69, 9.17) is 0 Å². The van der Waals surface area contributed by atoms with Gasteiger partial charge < -0.3 is 4.90 Å². The lowest BCUT2D eigenvalue weighted by molar-refractivity contribution is -0.384. The van der Waals surface area contributed by atoms with Crippen molar-refractivity contribution in [3.63, 3.8) is 0 Å². The van der Waals surface area contributed by atoms with E-state index in [-0.39, 0.29) is 29.3 Å². The SMILES string of the molecule is C[C@@H]1C[C@H](C)CN(c2ccc(N3C(=O)[C@H]4CCCC[C@@H]4C3=O)cc2[N+](=O)[O-])C1. The van der Waals surface area contributed by atoms with E-state index in [1.54, 1.807) is 12.1 Å². The van der Waals surface area contributed by atoms with E-state index < -0.39 is 4.92 Å². The molecule has 150 valence electrons. The summed E-state index contributed by atoms with van der Waals surface area (Å²) < 4.78 is 0. The summed E-state index contributed by atoms with van der Waals surface area (Å²) in [5.41, 5.74) is 0.871. The van der Waals surface area contributed by atoms with Crippen molar-refractivity contribution < 1.29 is 14.5 Å². The topological polar surface area (TPSA) is 83.8 Å². The molecule has 2 saturated heterocycles. The average molecular weight is 385 g/mol. The van der Waals surface area contributed by atoms with Gasteiger partial charge in [0, 0.05) is 19.2 Å². The Morgan fingerprint density at radius 3 is 2.11 bits per heavy atom. The largest absolute Gasteiger partial charge is 0.365 e. The Morgan fingerprint density at radius 1 is 1.00 bits per heavy atom. The zero-order chi connectivity index (χ0) is 20.0. The van der Waals surface area contributed by atoms with Crippen LogP contribution in [0.2, 0.25) is 0 Å². The lowest BCUT2D eigenvalue weighted by Gasteiger charge is -2.36. The first-order valence-corrected chi connectivity index (χ1v) is 10.3. The van der Waals surface area contributed by atoms with Crippen LogP contribution in [0.4, 0.5) is 17.1 Å². The van der Waals surface area contributed by atoms with Gasteiger partial charge in [-0.3, -0.25) is 19.7 Å². The molecule has 28 heavy (non-hydrogen) atoms. The van der Waals surface area contributed by atoms with Crippen molar-refractivity contribution >= 4 is 28.9 Å². The summed E-state index contributed by atoms with van der Waals surface area (Å²) in [6.45, 7) is 5.87. The number of nitro groups is 1. The van der Waals surface area contributed by atoms with Gasteiger partial charge in [-0.05, 0) is 43.2 Å². The number of anilines is 2. The van der Waals surface area contributed by atoms with Crippen LogP contribution in [0, 0.1) is 33.8 Å². The van der Waals surface area contributed by atoms with Gasteiger partial charge in [-0.25, -0.2) is 4.90 Å². The van der Waals surface area contributed by atoms with E-state index in [1.807, 2.05) is 0 Å². The van der Waals surface area contributed by atoms with Gasteiger partial charge in [0.25, 0.3) is 5.69 Å². The number of rotatable bonds is 3. The highest BCUT2D eigenvalue weighted by atomic mass is 16.6. The molecule has 2 aliphatic heterocycles. The summed E-state index contributed by atoms with van der Waals surface area (Å²) in [7, 11) is 0. The van der Waals surface area contributed by atoms with Gasteiger partial charge in [0.15, 0.2) is 0 Å². The molecule has 7 nitrogen and oxygen atoms in total. The predicted molar refractivity (Wildman–Crippen MR) is 106 cm³/mol. The Morgan fingerprint density at radius 2 is 1.57 bits per heavy atom. The number of carbonyl (C=O) groups excluding carboxylic acids is 2. The third-order valence-corrected chi connectivity index (χ3v) is 6.46. The van der Waals surface area contributed by atoms with Crippen molar-refractivity contribution in [2.45, 2.75) is 46.0 Å². The molecule has 0 bridgehead atoms. The van der Waals surface area contributed by atoms with Crippen molar-refractivity contribution in [2.75, 3.05) is 22.9 Å². The number of piperidine rings is 1. The second-order valence-electron chi connectivity index (χ2n) is 8.79. The number of hydrogen-bond donors (Lipinski definition) is 0. The first kappa shape index (κ1) is 18.9. The lowest BCUT2D eigenvalue weighted by atomic mass is 9.81. The number of nitro benzene ring substituents is 1. The molecule has 0 unspecified atom stereocenters. The fourth-order valence-corrected chi connectivity index (χ4v) is 5.34. The standard InChI is InChI=1S/C21H27N3O4/c1-13-9-14(2)12-22(11-13)18-8-7-15(10-19(18)24(27)28)23-20(25)16-5-3-4-6-17(16)21(23)26/h7-8,10,13-14,16-17H,3-6,9,11-12H2,1-2H3/t13-,14+,16-,17-/m0/s1. The Balaban J connectivity index is 1.68. The smallest absolute Gasteiger partial charge is 0.294 e. The van der Waals surface area contributed by atoms with Crippen LogP contribution in [0.15, 0.2) is 18.2 Å². The van der Waals surface area contributed by atoms with Crippen LogP contribution in [-0.2, 0) is 9.59 Å². The molecule has 2 amide bonds. The molecule has 0 aromatic heterocycles. The first-order valence-electron chi connectivity index (χ1n) is 10.3. The predicted octanol–water partition coefficient (Wildman–Crippen LogP) is 3.76. The molecular weight excluding hydrogens is 358 g/mol. The molecule has 2 heterocycles. The summed E-state index contributed by atoms with van der Waals surface area (Å²) in [4.78, 5) is 40.3. The maximum atomic E-state index is 12.8. The van der Waals surface area contributed by atoms with Gasteiger partial charge >= 0.3 is 0 Å². The van der Waals surface area contributed by atoms with Crippen molar-refractivity contribution in [2.24, 2.45) is 23.7 Å². The molecule has 0 N–H and O–H groups in total. The van der Waals surface area contributed by atoms with E-state index >= 15 is 0 Å². The summed E-state index contributed by atoms with van der Waals surface area (Å²) >= 11 is 0.